The van der Waals surface area contributed by atoms with Crippen molar-refractivity contribution in [1.82, 2.24) is 15.0 Å². The molecule has 0 bridgehead atoms. The van der Waals surface area contributed by atoms with E-state index in [-0.39, 0.29) is 11.9 Å². The maximum Gasteiger partial charge on any atom is 0.248 e. The molecule has 0 unspecified atom stereocenters. The number of aryl methyl sites for hydroxylation is 1. The average Bonchev–Trinajstić information content (AvgIpc) is 2.97. The maximum absolute atomic E-state index is 12.5. The van der Waals surface area contributed by atoms with Crippen molar-refractivity contribution in [3.8, 4) is 0 Å². The van der Waals surface area contributed by atoms with Gasteiger partial charge in [-0.2, -0.15) is 0 Å². The Hall–Kier alpha value is -2.21. The van der Waals surface area contributed by atoms with Crippen molar-refractivity contribution in [2.24, 2.45) is 0 Å². The number of rotatable bonds is 3. The number of aromatic nitrogens is 3. The van der Waals surface area contributed by atoms with Crippen LogP contribution in [0.5, 0.6) is 0 Å². The van der Waals surface area contributed by atoms with Gasteiger partial charge >= 0.3 is 0 Å². The van der Waals surface area contributed by atoms with Crippen LogP contribution in [0.1, 0.15) is 18.5 Å². The minimum absolute atomic E-state index is 0.0887. The quantitative estimate of drug-likeness (QED) is 0.941. The van der Waals surface area contributed by atoms with Gasteiger partial charge in [0, 0.05) is 12.2 Å². The molecule has 1 aliphatic heterocycles. The number of carbonyl (C=O) groups is 1. The Bertz CT molecular complexity index is 676. The first kappa shape index (κ1) is 14.7. The third-order valence-electron chi connectivity index (χ3n) is 3.56. The van der Waals surface area contributed by atoms with E-state index in [1.54, 1.807) is 18.5 Å². The summed E-state index contributed by atoms with van der Waals surface area (Å²) < 4.78 is 0. The van der Waals surface area contributed by atoms with Crippen LogP contribution < -0.4 is 10.2 Å². The molecule has 2 aromatic heterocycles. The fourth-order valence-corrected chi connectivity index (χ4v) is 2.65. The molecule has 0 saturated carbocycles. The third-order valence-corrected chi connectivity index (χ3v) is 3.75. The van der Waals surface area contributed by atoms with Gasteiger partial charge in [0.25, 0.3) is 0 Å². The number of hydrogen-bond donors (Lipinski definition) is 1. The molecule has 0 aromatic carbocycles. The molecule has 1 amide bonds. The molecule has 3 rings (SSSR count). The predicted octanol–water partition coefficient (Wildman–Crippen LogP) is 2.44. The minimum atomic E-state index is -0.288. The molecule has 0 spiro atoms. The van der Waals surface area contributed by atoms with Crippen LogP contribution in [-0.2, 0) is 4.79 Å². The van der Waals surface area contributed by atoms with Crippen molar-refractivity contribution in [2.45, 2.75) is 25.8 Å². The van der Waals surface area contributed by atoms with Crippen LogP contribution in [0.2, 0.25) is 5.02 Å². The van der Waals surface area contributed by atoms with E-state index in [4.69, 9.17) is 11.6 Å². The normalized spacial score (nSPS) is 17.5. The van der Waals surface area contributed by atoms with E-state index in [0.717, 1.165) is 25.1 Å². The van der Waals surface area contributed by atoms with E-state index in [1.807, 2.05) is 24.0 Å². The van der Waals surface area contributed by atoms with E-state index in [9.17, 15) is 4.79 Å². The smallest absolute Gasteiger partial charge is 0.248 e. The second-order valence-electron chi connectivity index (χ2n) is 5.21. The number of pyridine rings is 1. The molecule has 0 aliphatic carbocycles. The Balaban J connectivity index is 1.75. The molecule has 7 heteroatoms. The van der Waals surface area contributed by atoms with Gasteiger partial charge < -0.3 is 10.2 Å². The lowest BCUT2D eigenvalue weighted by Gasteiger charge is -2.23. The van der Waals surface area contributed by atoms with Crippen LogP contribution in [0.15, 0.2) is 30.6 Å². The Kier molecular flexibility index (Phi) is 4.20. The highest BCUT2D eigenvalue weighted by Gasteiger charge is 2.32. The molecule has 3 heterocycles. The Morgan fingerprint density at radius 3 is 2.86 bits per heavy atom. The SMILES string of the molecule is Cc1cccc(NC(=O)[C@@H]2CCCN2c2ncc(Cl)cn2)n1. The summed E-state index contributed by atoms with van der Waals surface area (Å²) >= 11 is 5.81. The van der Waals surface area contributed by atoms with E-state index in [0.29, 0.717) is 16.8 Å². The van der Waals surface area contributed by atoms with E-state index in [1.165, 1.54) is 0 Å². The van der Waals surface area contributed by atoms with Gasteiger partial charge in [0.1, 0.15) is 11.9 Å². The van der Waals surface area contributed by atoms with Gasteiger partial charge in [-0.05, 0) is 31.9 Å². The fraction of sp³-hybridized carbons (Fsp3) is 0.333. The molecular formula is C15H16ClN5O. The van der Waals surface area contributed by atoms with Crippen molar-refractivity contribution in [3.63, 3.8) is 0 Å². The van der Waals surface area contributed by atoms with E-state index in [2.05, 4.69) is 20.3 Å². The van der Waals surface area contributed by atoms with Crippen LogP contribution in [0.25, 0.3) is 0 Å². The van der Waals surface area contributed by atoms with Crippen LogP contribution in [0, 0.1) is 6.92 Å². The summed E-state index contributed by atoms with van der Waals surface area (Å²) in [6.07, 6.45) is 4.77. The minimum Gasteiger partial charge on any atom is -0.329 e. The summed E-state index contributed by atoms with van der Waals surface area (Å²) in [7, 11) is 0. The highest BCUT2D eigenvalue weighted by molar-refractivity contribution is 6.30. The zero-order valence-electron chi connectivity index (χ0n) is 12.2. The summed E-state index contributed by atoms with van der Waals surface area (Å²) in [5, 5.41) is 3.34. The standard InChI is InChI=1S/C15H16ClN5O/c1-10-4-2-6-13(19-10)20-14(22)12-5-3-7-21(12)15-17-8-11(16)9-18-15/h2,4,6,8-9,12H,3,5,7H2,1H3,(H,19,20,22)/t12-/m0/s1. The number of amides is 1. The molecule has 2 aromatic rings. The molecule has 0 radical (unpaired) electrons. The lowest BCUT2D eigenvalue weighted by Crippen LogP contribution is -2.40. The van der Waals surface area contributed by atoms with Gasteiger partial charge in [-0.1, -0.05) is 17.7 Å². The number of carbonyl (C=O) groups excluding carboxylic acids is 1. The summed E-state index contributed by atoms with van der Waals surface area (Å²) in [6, 6.07) is 5.25. The highest BCUT2D eigenvalue weighted by atomic mass is 35.5. The topological polar surface area (TPSA) is 71.0 Å². The van der Waals surface area contributed by atoms with E-state index >= 15 is 0 Å². The summed E-state index contributed by atoms with van der Waals surface area (Å²) in [5.41, 5.74) is 0.863. The van der Waals surface area contributed by atoms with Crippen molar-refractivity contribution >= 4 is 29.3 Å². The largest absolute Gasteiger partial charge is 0.329 e. The Labute approximate surface area is 133 Å². The lowest BCUT2D eigenvalue weighted by atomic mass is 10.2. The number of nitrogens with one attached hydrogen (secondary N) is 1. The van der Waals surface area contributed by atoms with Gasteiger partial charge in [-0.25, -0.2) is 15.0 Å². The molecule has 1 fully saturated rings. The van der Waals surface area contributed by atoms with Crippen LogP contribution in [-0.4, -0.2) is 33.4 Å². The van der Waals surface area contributed by atoms with Crippen LogP contribution >= 0.6 is 11.6 Å². The average molecular weight is 318 g/mol. The van der Waals surface area contributed by atoms with Crippen molar-refractivity contribution in [2.75, 3.05) is 16.8 Å². The highest BCUT2D eigenvalue weighted by Crippen LogP contribution is 2.23. The molecule has 1 aliphatic rings. The van der Waals surface area contributed by atoms with Crippen molar-refractivity contribution in [1.29, 1.82) is 0 Å². The van der Waals surface area contributed by atoms with Gasteiger partial charge in [0.05, 0.1) is 17.4 Å². The summed E-state index contributed by atoms with van der Waals surface area (Å²) in [5.74, 6) is 1.00. The van der Waals surface area contributed by atoms with Crippen molar-refractivity contribution in [3.05, 3.63) is 41.3 Å². The molecular weight excluding hydrogens is 302 g/mol. The summed E-state index contributed by atoms with van der Waals surface area (Å²) in [4.78, 5) is 27.1. The lowest BCUT2D eigenvalue weighted by molar-refractivity contribution is -0.117. The first-order valence-electron chi connectivity index (χ1n) is 7.12. The maximum atomic E-state index is 12.5. The van der Waals surface area contributed by atoms with Gasteiger partial charge in [0.15, 0.2) is 0 Å². The van der Waals surface area contributed by atoms with Gasteiger partial charge in [0.2, 0.25) is 11.9 Å². The number of halogens is 1. The number of hydrogen-bond acceptors (Lipinski definition) is 5. The Morgan fingerprint density at radius 1 is 1.36 bits per heavy atom. The first-order chi connectivity index (χ1) is 10.6. The third kappa shape index (κ3) is 3.17. The fourth-order valence-electron chi connectivity index (χ4n) is 2.55. The second kappa shape index (κ2) is 6.27. The molecule has 22 heavy (non-hydrogen) atoms. The number of anilines is 2. The van der Waals surface area contributed by atoms with Gasteiger partial charge in [-0.15, -0.1) is 0 Å². The first-order valence-corrected chi connectivity index (χ1v) is 7.50. The zero-order chi connectivity index (χ0) is 15.5. The van der Waals surface area contributed by atoms with E-state index < -0.39 is 0 Å². The Morgan fingerprint density at radius 2 is 2.14 bits per heavy atom. The molecule has 114 valence electrons. The molecule has 1 saturated heterocycles. The van der Waals surface area contributed by atoms with Crippen LogP contribution in [0.3, 0.4) is 0 Å². The zero-order valence-corrected chi connectivity index (χ0v) is 12.9. The monoisotopic (exact) mass is 317 g/mol. The molecule has 1 atom stereocenters. The van der Waals surface area contributed by atoms with Gasteiger partial charge in [-0.3, -0.25) is 4.79 Å². The summed E-state index contributed by atoms with van der Waals surface area (Å²) in [6.45, 7) is 2.64. The molecule has 6 nitrogen and oxygen atoms in total. The predicted molar refractivity (Wildman–Crippen MR) is 85.0 cm³/mol. The second-order valence-corrected chi connectivity index (χ2v) is 5.64. The molecule has 1 N–H and O–H groups in total. The van der Waals surface area contributed by atoms with Crippen LogP contribution in [0.4, 0.5) is 11.8 Å². The number of nitrogens with zero attached hydrogens (tertiary/aromatic N) is 4. The van der Waals surface area contributed by atoms with Crippen molar-refractivity contribution < 1.29 is 4.79 Å².